The van der Waals surface area contributed by atoms with Gasteiger partial charge in [0, 0.05) is 13.1 Å². The Kier molecular flexibility index (Phi) is 5.70. The number of carboxylic acids is 1. The van der Waals surface area contributed by atoms with Crippen molar-refractivity contribution in [2.75, 3.05) is 26.2 Å². The highest BCUT2D eigenvalue weighted by molar-refractivity contribution is 5.68. The van der Waals surface area contributed by atoms with Gasteiger partial charge in [0.2, 0.25) is 0 Å². The van der Waals surface area contributed by atoms with E-state index in [1.807, 2.05) is 13.0 Å². The molecule has 0 bridgehead atoms. The van der Waals surface area contributed by atoms with Gasteiger partial charge in [0.25, 0.3) is 0 Å². The summed E-state index contributed by atoms with van der Waals surface area (Å²) in [7, 11) is 0. The van der Waals surface area contributed by atoms with Crippen molar-refractivity contribution in [3.05, 3.63) is 35.1 Å². The topological polar surface area (TPSA) is 52.6 Å². The van der Waals surface area contributed by atoms with Crippen molar-refractivity contribution in [3.63, 3.8) is 0 Å². The van der Waals surface area contributed by atoms with Crippen LogP contribution in [0.1, 0.15) is 24.0 Å². The third-order valence-electron chi connectivity index (χ3n) is 4.02. The Morgan fingerprint density at radius 2 is 2.33 bits per heavy atom. The molecule has 1 saturated heterocycles. The summed E-state index contributed by atoms with van der Waals surface area (Å²) >= 11 is 0. The molecule has 2 N–H and O–H groups in total. The van der Waals surface area contributed by atoms with Gasteiger partial charge in [0.15, 0.2) is 0 Å². The third kappa shape index (κ3) is 5.10. The molecule has 2 rings (SSSR count). The molecular weight excluding hydrogens is 271 g/mol. The van der Waals surface area contributed by atoms with E-state index in [1.54, 1.807) is 6.07 Å². The van der Waals surface area contributed by atoms with E-state index in [9.17, 15) is 9.18 Å². The van der Waals surface area contributed by atoms with Crippen LogP contribution < -0.4 is 5.32 Å². The van der Waals surface area contributed by atoms with Gasteiger partial charge in [-0.3, -0.25) is 9.69 Å². The second-order valence-corrected chi connectivity index (χ2v) is 5.84. The Hall–Kier alpha value is -1.46. The van der Waals surface area contributed by atoms with Gasteiger partial charge < -0.3 is 10.4 Å². The normalized spacial score (nSPS) is 19.6. The number of benzene rings is 1. The summed E-state index contributed by atoms with van der Waals surface area (Å²) in [5.41, 5.74) is 2.15. The number of rotatable bonds is 6. The van der Waals surface area contributed by atoms with Crippen molar-refractivity contribution in [3.8, 4) is 0 Å². The van der Waals surface area contributed by atoms with Crippen molar-refractivity contribution in [2.24, 2.45) is 5.92 Å². The average Bonchev–Trinajstić information content (AvgIpc) is 2.43. The second-order valence-electron chi connectivity index (χ2n) is 5.84. The summed E-state index contributed by atoms with van der Waals surface area (Å²) < 4.78 is 13.3. The number of aryl methyl sites for hydroxylation is 1. The number of nitrogens with one attached hydrogen (secondary N) is 1. The summed E-state index contributed by atoms with van der Waals surface area (Å²) in [5, 5.41) is 11.6. The monoisotopic (exact) mass is 294 g/mol. The quantitative estimate of drug-likeness (QED) is 0.843. The van der Waals surface area contributed by atoms with E-state index in [4.69, 9.17) is 5.11 Å². The molecule has 0 saturated carbocycles. The summed E-state index contributed by atoms with van der Waals surface area (Å²) in [4.78, 5) is 12.8. The number of carbonyl (C=O) groups is 1. The van der Waals surface area contributed by atoms with E-state index >= 15 is 0 Å². The first-order valence-electron chi connectivity index (χ1n) is 7.44. The summed E-state index contributed by atoms with van der Waals surface area (Å²) in [6, 6.07) is 4.93. The van der Waals surface area contributed by atoms with Crippen LogP contribution in [0.3, 0.4) is 0 Å². The van der Waals surface area contributed by atoms with Gasteiger partial charge in [-0.25, -0.2) is 4.39 Å². The van der Waals surface area contributed by atoms with Crippen LogP contribution in [0, 0.1) is 18.7 Å². The fraction of sp³-hybridized carbons (Fsp3) is 0.562. The number of likely N-dealkylation sites (tertiary alicyclic amines) is 1. The molecule has 0 aliphatic carbocycles. The summed E-state index contributed by atoms with van der Waals surface area (Å²) in [5.74, 6) is -0.544. The third-order valence-corrected chi connectivity index (χ3v) is 4.02. The van der Waals surface area contributed by atoms with E-state index in [2.05, 4.69) is 10.2 Å². The highest BCUT2D eigenvalue weighted by Crippen LogP contribution is 2.20. The average molecular weight is 294 g/mol. The Morgan fingerprint density at radius 3 is 3.10 bits per heavy atom. The highest BCUT2D eigenvalue weighted by Gasteiger charge is 2.20. The second kappa shape index (κ2) is 7.52. The molecule has 21 heavy (non-hydrogen) atoms. The molecule has 1 fully saturated rings. The number of hydrogen-bond acceptors (Lipinski definition) is 3. The minimum absolute atomic E-state index is 0.0134. The lowest BCUT2D eigenvalue weighted by atomic mass is 9.97. The van der Waals surface area contributed by atoms with Crippen molar-refractivity contribution in [1.82, 2.24) is 10.2 Å². The largest absolute Gasteiger partial charge is 0.480 e. The van der Waals surface area contributed by atoms with Crippen molar-refractivity contribution in [1.29, 1.82) is 0 Å². The zero-order valence-electron chi connectivity index (χ0n) is 12.4. The number of carboxylic acid groups (broad SMARTS) is 1. The lowest BCUT2D eigenvalue weighted by Crippen LogP contribution is -2.40. The maximum absolute atomic E-state index is 13.3. The van der Waals surface area contributed by atoms with Gasteiger partial charge in [0.05, 0.1) is 6.54 Å². The van der Waals surface area contributed by atoms with E-state index in [-0.39, 0.29) is 12.4 Å². The Morgan fingerprint density at radius 1 is 1.52 bits per heavy atom. The van der Waals surface area contributed by atoms with Crippen LogP contribution in [0.25, 0.3) is 0 Å². The lowest BCUT2D eigenvalue weighted by molar-refractivity contribution is -0.136. The Balaban J connectivity index is 1.86. The van der Waals surface area contributed by atoms with E-state index in [1.165, 1.54) is 6.07 Å². The summed E-state index contributed by atoms with van der Waals surface area (Å²) in [6.07, 6.45) is 2.22. The lowest BCUT2D eigenvalue weighted by Gasteiger charge is -2.33. The molecule has 1 aromatic carbocycles. The van der Waals surface area contributed by atoms with Gasteiger partial charge in [-0.1, -0.05) is 6.07 Å². The molecule has 5 heteroatoms. The van der Waals surface area contributed by atoms with Gasteiger partial charge in [-0.05, 0) is 62.0 Å². The predicted octanol–water partition coefficient (Wildman–Crippen LogP) is 2.02. The summed E-state index contributed by atoms with van der Waals surface area (Å²) in [6.45, 7) is 5.46. The fourth-order valence-corrected chi connectivity index (χ4v) is 2.90. The van der Waals surface area contributed by atoms with Crippen LogP contribution >= 0.6 is 0 Å². The maximum atomic E-state index is 13.3. The molecule has 4 nitrogen and oxygen atoms in total. The standard InChI is InChI=1S/C16H23FN2O2/c1-12-4-5-15(17)7-14(12)11-19-6-2-3-13(10-19)8-18-9-16(20)21/h4-5,7,13,18H,2-3,6,8-11H2,1H3,(H,20,21). The molecule has 1 aromatic rings. The molecule has 1 unspecified atom stereocenters. The minimum atomic E-state index is -0.821. The molecule has 1 aliphatic heterocycles. The highest BCUT2D eigenvalue weighted by atomic mass is 19.1. The number of nitrogens with zero attached hydrogens (tertiary/aromatic N) is 1. The first-order valence-corrected chi connectivity index (χ1v) is 7.44. The van der Waals surface area contributed by atoms with Crippen molar-refractivity contribution in [2.45, 2.75) is 26.3 Å². The molecular formula is C16H23FN2O2. The zero-order chi connectivity index (χ0) is 15.2. The first kappa shape index (κ1) is 15.9. The zero-order valence-corrected chi connectivity index (χ0v) is 12.4. The van der Waals surface area contributed by atoms with E-state index in [0.717, 1.165) is 50.1 Å². The predicted molar refractivity (Wildman–Crippen MR) is 79.6 cm³/mol. The molecule has 1 atom stereocenters. The molecule has 0 radical (unpaired) electrons. The maximum Gasteiger partial charge on any atom is 0.317 e. The smallest absolute Gasteiger partial charge is 0.317 e. The molecule has 0 aromatic heterocycles. The van der Waals surface area contributed by atoms with Gasteiger partial charge in [-0.15, -0.1) is 0 Å². The first-order chi connectivity index (χ1) is 10.0. The van der Waals surface area contributed by atoms with Crippen LogP contribution in [0.15, 0.2) is 18.2 Å². The van der Waals surface area contributed by atoms with E-state index < -0.39 is 5.97 Å². The molecule has 1 aliphatic rings. The van der Waals surface area contributed by atoms with Crippen molar-refractivity contribution >= 4 is 5.97 Å². The molecule has 1 heterocycles. The van der Waals surface area contributed by atoms with Gasteiger partial charge >= 0.3 is 5.97 Å². The number of aliphatic carboxylic acids is 1. The number of piperidine rings is 1. The van der Waals surface area contributed by atoms with Crippen LogP contribution in [-0.2, 0) is 11.3 Å². The van der Waals surface area contributed by atoms with Gasteiger partial charge in [-0.2, -0.15) is 0 Å². The molecule has 0 amide bonds. The van der Waals surface area contributed by atoms with Crippen LogP contribution in [0.2, 0.25) is 0 Å². The van der Waals surface area contributed by atoms with Crippen LogP contribution in [0.5, 0.6) is 0 Å². The van der Waals surface area contributed by atoms with Gasteiger partial charge in [0.1, 0.15) is 5.82 Å². The van der Waals surface area contributed by atoms with Crippen molar-refractivity contribution < 1.29 is 14.3 Å². The fourth-order valence-electron chi connectivity index (χ4n) is 2.90. The number of hydrogen-bond donors (Lipinski definition) is 2. The Bertz CT molecular complexity index is 493. The number of halogens is 1. The van der Waals surface area contributed by atoms with E-state index in [0.29, 0.717) is 5.92 Å². The molecule has 0 spiro atoms. The van der Waals surface area contributed by atoms with Crippen LogP contribution in [0.4, 0.5) is 4.39 Å². The minimum Gasteiger partial charge on any atom is -0.480 e. The SMILES string of the molecule is Cc1ccc(F)cc1CN1CCCC(CNCC(=O)O)C1. The van der Waals surface area contributed by atoms with Crippen LogP contribution in [-0.4, -0.2) is 42.2 Å². The Labute approximate surface area is 125 Å². The molecule has 116 valence electrons.